The van der Waals surface area contributed by atoms with Crippen LogP contribution in [0.1, 0.15) is 33.6 Å². The Balaban J connectivity index is 1.53. The number of aromatic nitrogens is 1. The van der Waals surface area contributed by atoms with E-state index in [-0.39, 0.29) is 17.2 Å². The number of nitrogens with zero attached hydrogens (tertiary/aromatic N) is 2. The first kappa shape index (κ1) is 17.9. The van der Waals surface area contributed by atoms with E-state index in [0.29, 0.717) is 24.4 Å². The maximum Gasteiger partial charge on any atom is 0.410 e. The molecular weight excluding hydrogens is 340 g/mol. The summed E-state index contributed by atoms with van der Waals surface area (Å²) in [7, 11) is -1.26. The van der Waals surface area contributed by atoms with E-state index in [1.54, 1.807) is 4.90 Å². The molecule has 1 saturated heterocycles. The van der Waals surface area contributed by atoms with Crippen molar-refractivity contribution in [2.24, 2.45) is 5.92 Å². The summed E-state index contributed by atoms with van der Waals surface area (Å²) in [5, 5.41) is 0.288. The molecule has 1 aliphatic rings. The third kappa shape index (κ3) is 4.60. The molecule has 1 aliphatic heterocycles. The molecule has 3 rings (SSSR count). The number of oxazole rings is 1. The SMILES string of the molecule is CC(C)(C)OC(=O)N1CCC(C[S@](=O)c2nc3ccccc3o2)CC1. The van der Waals surface area contributed by atoms with Crippen LogP contribution in [0.5, 0.6) is 0 Å². The number of amides is 1. The lowest BCUT2D eigenvalue weighted by molar-refractivity contribution is 0.0191. The van der Waals surface area contributed by atoms with Crippen molar-refractivity contribution in [3.05, 3.63) is 24.3 Å². The summed E-state index contributed by atoms with van der Waals surface area (Å²) in [5.74, 6) is 0.796. The van der Waals surface area contributed by atoms with E-state index in [0.717, 1.165) is 18.4 Å². The Hall–Kier alpha value is -1.89. The van der Waals surface area contributed by atoms with Crippen LogP contribution in [0, 0.1) is 5.92 Å². The van der Waals surface area contributed by atoms with Crippen molar-refractivity contribution in [3.8, 4) is 0 Å². The van der Waals surface area contributed by atoms with Crippen molar-refractivity contribution in [1.82, 2.24) is 9.88 Å². The molecule has 1 amide bonds. The van der Waals surface area contributed by atoms with Gasteiger partial charge in [0.15, 0.2) is 5.58 Å². The van der Waals surface area contributed by atoms with Gasteiger partial charge in [0.2, 0.25) is 0 Å². The number of likely N-dealkylation sites (tertiary alicyclic amines) is 1. The Morgan fingerprint density at radius 2 is 2.00 bits per heavy atom. The van der Waals surface area contributed by atoms with E-state index in [1.165, 1.54) is 0 Å². The lowest BCUT2D eigenvalue weighted by atomic mass is 9.99. The monoisotopic (exact) mass is 364 g/mol. The quantitative estimate of drug-likeness (QED) is 0.832. The molecule has 0 radical (unpaired) electrons. The zero-order valence-corrected chi connectivity index (χ0v) is 15.7. The van der Waals surface area contributed by atoms with Crippen LogP contribution in [0.25, 0.3) is 11.1 Å². The first-order valence-electron chi connectivity index (χ1n) is 8.54. The predicted octanol–water partition coefficient (Wildman–Crippen LogP) is 3.58. The van der Waals surface area contributed by atoms with Gasteiger partial charge < -0.3 is 14.1 Å². The predicted molar refractivity (Wildman–Crippen MR) is 95.8 cm³/mol. The zero-order valence-electron chi connectivity index (χ0n) is 14.9. The van der Waals surface area contributed by atoms with Gasteiger partial charge >= 0.3 is 6.09 Å². The van der Waals surface area contributed by atoms with Crippen LogP contribution < -0.4 is 0 Å². The molecule has 1 atom stereocenters. The van der Waals surface area contributed by atoms with Crippen molar-refractivity contribution in [2.75, 3.05) is 18.8 Å². The summed E-state index contributed by atoms with van der Waals surface area (Å²) in [4.78, 5) is 18.1. The number of fused-ring (bicyclic) bond motifs is 1. The molecule has 136 valence electrons. The fourth-order valence-corrected chi connectivity index (χ4v) is 4.13. The number of carbonyl (C=O) groups is 1. The Morgan fingerprint density at radius 3 is 2.64 bits per heavy atom. The van der Waals surface area contributed by atoms with Gasteiger partial charge in [-0.05, 0) is 51.7 Å². The molecule has 0 spiro atoms. The summed E-state index contributed by atoms with van der Waals surface area (Å²) in [6.07, 6.45) is 1.35. The molecule has 1 aromatic heterocycles. The Labute approximate surface area is 150 Å². The van der Waals surface area contributed by atoms with Crippen LogP contribution in [-0.2, 0) is 15.5 Å². The van der Waals surface area contributed by atoms with E-state index >= 15 is 0 Å². The third-order valence-electron chi connectivity index (χ3n) is 4.12. The summed E-state index contributed by atoms with van der Waals surface area (Å²) >= 11 is 0. The highest BCUT2D eigenvalue weighted by Crippen LogP contribution is 2.23. The summed E-state index contributed by atoms with van der Waals surface area (Å²) < 4.78 is 23.5. The molecule has 1 fully saturated rings. The normalized spacial score (nSPS) is 17.6. The lowest BCUT2D eigenvalue weighted by Crippen LogP contribution is -2.42. The summed E-state index contributed by atoms with van der Waals surface area (Å²) in [6, 6.07) is 7.41. The largest absolute Gasteiger partial charge is 0.444 e. The molecule has 6 nitrogen and oxygen atoms in total. The van der Waals surface area contributed by atoms with Gasteiger partial charge in [-0.15, -0.1) is 0 Å². The Bertz CT molecular complexity index is 740. The van der Waals surface area contributed by atoms with Gasteiger partial charge in [-0.2, -0.15) is 0 Å². The number of hydrogen-bond acceptors (Lipinski definition) is 5. The second-order valence-corrected chi connectivity index (χ2v) is 8.74. The van der Waals surface area contributed by atoms with Crippen LogP contribution in [0.4, 0.5) is 4.79 Å². The Morgan fingerprint density at radius 1 is 1.32 bits per heavy atom. The van der Waals surface area contributed by atoms with Gasteiger partial charge in [0.25, 0.3) is 5.22 Å². The van der Waals surface area contributed by atoms with Crippen LogP contribution >= 0.6 is 0 Å². The Kier molecular flexibility index (Phi) is 5.13. The topological polar surface area (TPSA) is 72.6 Å². The number of para-hydroxylation sites is 2. The second-order valence-electron chi connectivity index (χ2n) is 7.37. The van der Waals surface area contributed by atoms with Crippen molar-refractivity contribution in [1.29, 1.82) is 0 Å². The minimum Gasteiger partial charge on any atom is -0.444 e. The number of piperidine rings is 1. The molecule has 2 aromatic rings. The molecule has 0 saturated carbocycles. The first-order valence-corrected chi connectivity index (χ1v) is 9.85. The van der Waals surface area contributed by atoms with Gasteiger partial charge in [-0.1, -0.05) is 12.1 Å². The average Bonchev–Trinajstić information content (AvgIpc) is 2.98. The highest BCUT2D eigenvalue weighted by molar-refractivity contribution is 7.84. The molecule has 0 N–H and O–H groups in total. The molecule has 0 aliphatic carbocycles. The minimum absolute atomic E-state index is 0.272. The second kappa shape index (κ2) is 7.15. The lowest BCUT2D eigenvalue weighted by Gasteiger charge is -2.33. The third-order valence-corrected chi connectivity index (χ3v) is 5.46. The van der Waals surface area contributed by atoms with E-state index in [4.69, 9.17) is 9.15 Å². The van der Waals surface area contributed by atoms with Crippen molar-refractivity contribution >= 4 is 28.0 Å². The van der Waals surface area contributed by atoms with Crippen molar-refractivity contribution in [3.63, 3.8) is 0 Å². The van der Waals surface area contributed by atoms with Gasteiger partial charge in [0.1, 0.15) is 21.9 Å². The van der Waals surface area contributed by atoms with Crippen molar-refractivity contribution in [2.45, 2.75) is 44.4 Å². The maximum atomic E-state index is 12.5. The van der Waals surface area contributed by atoms with Gasteiger partial charge in [-0.25, -0.2) is 14.0 Å². The van der Waals surface area contributed by atoms with Gasteiger partial charge in [-0.3, -0.25) is 0 Å². The first-order chi connectivity index (χ1) is 11.8. The van der Waals surface area contributed by atoms with Crippen molar-refractivity contribution < 1.29 is 18.2 Å². The molecule has 2 heterocycles. The summed E-state index contributed by atoms with van der Waals surface area (Å²) in [5.41, 5.74) is 0.902. The van der Waals surface area contributed by atoms with Crippen LogP contribution in [0.3, 0.4) is 0 Å². The molecule has 1 aromatic carbocycles. The summed E-state index contributed by atoms with van der Waals surface area (Å²) in [6.45, 7) is 6.85. The van der Waals surface area contributed by atoms with E-state index in [1.807, 2.05) is 45.0 Å². The molecule has 25 heavy (non-hydrogen) atoms. The number of carbonyl (C=O) groups excluding carboxylic acids is 1. The highest BCUT2D eigenvalue weighted by Gasteiger charge is 2.28. The van der Waals surface area contributed by atoms with Crippen LogP contribution in [-0.4, -0.2) is 44.6 Å². The molecule has 0 unspecified atom stereocenters. The number of ether oxygens (including phenoxy) is 1. The van der Waals surface area contributed by atoms with Gasteiger partial charge in [0.05, 0.1) is 0 Å². The number of hydrogen-bond donors (Lipinski definition) is 0. The fraction of sp³-hybridized carbons (Fsp3) is 0.556. The number of benzene rings is 1. The minimum atomic E-state index is -1.26. The van der Waals surface area contributed by atoms with E-state index in [9.17, 15) is 9.00 Å². The van der Waals surface area contributed by atoms with Gasteiger partial charge in [0, 0.05) is 18.8 Å². The fourth-order valence-electron chi connectivity index (χ4n) is 2.84. The standard InChI is InChI=1S/C18H24N2O4S/c1-18(2,3)24-17(21)20-10-8-13(9-11-20)12-25(22)16-19-14-6-4-5-7-15(14)23-16/h4-7,13H,8-12H2,1-3H3/t25-/m0/s1. The van der Waals surface area contributed by atoms with Crippen LogP contribution in [0.2, 0.25) is 0 Å². The molecular formula is C18H24N2O4S. The van der Waals surface area contributed by atoms with Crippen LogP contribution in [0.15, 0.2) is 33.9 Å². The average molecular weight is 364 g/mol. The maximum absolute atomic E-state index is 12.5. The zero-order chi connectivity index (χ0) is 18.0. The molecule has 7 heteroatoms. The molecule has 0 bridgehead atoms. The van der Waals surface area contributed by atoms with E-state index < -0.39 is 16.4 Å². The smallest absolute Gasteiger partial charge is 0.410 e. The number of rotatable bonds is 3. The highest BCUT2D eigenvalue weighted by atomic mass is 32.2. The van der Waals surface area contributed by atoms with E-state index in [2.05, 4.69) is 4.98 Å².